The molecule has 0 saturated carbocycles. The van der Waals surface area contributed by atoms with E-state index in [9.17, 15) is 10.4 Å². The maximum atomic E-state index is 12.2. The Morgan fingerprint density at radius 3 is 2.46 bits per heavy atom. The van der Waals surface area contributed by atoms with Crippen LogP contribution >= 0.6 is 0 Å². The molecule has 1 heterocycles. The summed E-state index contributed by atoms with van der Waals surface area (Å²) in [6.45, 7) is 2.21. The highest BCUT2D eigenvalue weighted by atomic mass is 16.3. The van der Waals surface area contributed by atoms with Crippen molar-refractivity contribution < 1.29 is 5.11 Å². The summed E-state index contributed by atoms with van der Waals surface area (Å²) in [5.41, 5.74) is 3.85. The molecular weight excluding hydrogens is 478 g/mol. The van der Waals surface area contributed by atoms with Gasteiger partial charge in [-0.2, -0.15) is 5.26 Å². The molecule has 39 heavy (non-hydrogen) atoms. The molecule has 0 aliphatic heterocycles. The van der Waals surface area contributed by atoms with Gasteiger partial charge in [0.2, 0.25) is 0 Å². The van der Waals surface area contributed by atoms with Gasteiger partial charge in [-0.25, -0.2) is 4.98 Å². The Labute approximate surface area is 230 Å². The number of imidazole rings is 1. The molecule has 1 aromatic heterocycles. The summed E-state index contributed by atoms with van der Waals surface area (Å²) in [5, 5.41) is 24.3. The fraction of sp³-hybridized carbons (Fsp3) is 0.200. The number of benzene rings is 4. The van der Waals surface area contributed by atoms with Gasteiger partial charge in [-0.05, 0) is 59.0 Å². The molecule has 5 aromatic rings. The summed E-state index contributed by atoms with van der Waals surface area (Å²) in [6.07, 6.45) is 7.96. The summed E-state index contributed by atoms with van der Waals surface area (Å²) >= 11 is 0. The number of aryl methyl sites for hydroxylation is 2. The van der Waals surface area contributed by atoms with Gasteiger partial charge in [0.05, 0.1) is 29.9 Å². The smallest absolute Gasteiger partial charge is 0.194 e. The van der Waals surface area contributed by atoms with Crippen LogP contribution in [0.4, 0.5) is 0 Å². The van der Waals surface area contributed by atoms with Crippen LogP contribution in [0.25, 0.3) is 21.9 Å². The van der Waals surface area contributed by atoms with Crippen LogP contribution in [0.2, 0.25) is 0 Å². The number of aliphatic hydroxyl groups is 1. The number of nitrogens with zero attached hydrogens (tertiary/aromatic N) is 3. The molecular formula is C35H31N3O. The highest BCUT2D eigenvalue weighted by Gasteiger charge is 2.33. The highest BCUT2D eigenvalue weighted by Crippen LogP contribution is 2.36. The zero-order valence-electron chi connectivity index (χ0n) is 22.4. The first kappa shape index (κ1) is 26.0. The molecule has 1 unspecified atom stereocenters. The summed E-state index contributed by atoms with van der Waals surface area (Å²) in [7, 11) is 1.84. The van der Waals surface area contributed by atoms with Crippen molar-refractivity contribution in [2.75, 3.05) is 0 Å². The number of nitriles is 1. The number of rotatable bonds is 7. The SMILES string of the molecule is CCCCCc1ccc(C#CC(O)(c2ccc(C#N)c(-c3cccc4ccccc34)c2)c2cncn2C)cc1. The van der Waals surface area contributed by atoms with Gasteiger partial charge < -0.3 is 9.67 Å². The normalized spacial score (nSPS) is 12.4. The first-order valence-electron chi connectivity index (χ1n) is 13.4. The average Bonchev–Trinajstić information content (AvgIpc) is 3.42. The zero-order valence-corrected chi connectivity index (χ0v) is 22.4. The topological polar surface area (TPSA) is 61.8 Å². The van der Waals surface area contributed by atoms with Crippen LogP contribution in [0, 0.1) is 23.2 Å². The first-order chi connectivity index (χ1) is 19.0. The summed E-state index contributed by atoms with van der Waals surface area (Å²) in [6, 6.07) is 30.2. The van der Waals surface area contributed by atoms with Gasteiger partial charge >= 0.3 is 0 Å². The van der Waals surface area contributed by atoms with E-state index in [0.29, 0.717) is 16.8 Å². The lowest BCUT2D eigenvalue weighted by Crippen LogP contribution is -2.28. The number of hydrogen-bond acceptors (Lipinski definition) is 3. The summed E-state index contributed by atoms with van der Waals surface area (Å²) in [4.78, 5) is 4.25. The van der Waals surface area contributed by atoms with Gasteiger partial charge in [-0.15, -0.1) is 0 Å². The van der Waals surface area contributed by atoms with Crippen LogP contribution in [0.3, 0.4) is 0 Å². The Hall–Kier alpha value is -4.64. The molecule has 0 spiro atoms. The van der Waals surface area contributed by atoms with Gasteiger partial charge in [-0.1, -0.05) is 92.3 Å². The molecule has 5 rings (SSSR count). The predicted molar refractivity (Wildman–Crippen MR) is 157 cm³/mol. The van der Waals surface area contributed by atoms with E-state index < -0.39 is 5.60 Å². The van der Waals surface area contributed by atoms with Crippen molar-refractivity contribution in [3.05, 3.63) is 125 Å². The molecule has 4 heteroatoms. The molecule has 4 aromatic carbocycles. The van der Waals surface area contributed by atoms with Gasteiger partial charge in [-0.3, -0.25) is 0 Å². The van der Waals surface area contributed by atoms with Gasteiger partial charge in [0.1, 0.15) is 0 Å². The number of hydrogen-bond donors (Lipinski definition) is 1. The largest absolute Gasteiger partial charge is 0.368 e. The Bertz CT molecular complexity index is 1710. The summed E-state index contributed by atoms with van der Waals surface area (Å²) in [5.74, 6) is 6.36. The van der Waals surface area contributed by atoms with Crippen LogP contribution in [-0.2, 0) is 19.1 Å². The molecule has 0 bridgehead atoms. The van der Waals surface area contributed by atoms with E-state index in [1.165, 1.54) is 24.8 Å². The molecule has 0 fully saturated rings. The summed E-state index contributed by atoms with van der Waals surface area (Å²) < 4.78 is 1.78. The van der Waals surface area contributed by atoms with Gasteiger partial charge in [0.15, 0.2) is 5.60 Å². The van der Waals surface area contributed by atoms with Crippen LogP contribution < -0.4 is 0 Å². The molecule has 1 atom stereocenters. The van der Waals surface area contributed by atoms with E-state index in [0.717, 1.165) is 33.9 Å². The van der Waals surface area contributed by atoms with Crippen LogP contribution in [-0.4, -0.2) is 14.7 Å². The van der Waals surface area contributed by atoms with Gasteiger partial charge in [0.25, 0.3) is 0 Å². The number of fused-ring (bicyclic) bond motifs is 1. The fourth-order valence-electron chi connectivity index (χ4n) is 5.04. The maximum absolute atomic E-state index is 12.2. The molecule has 0 radical (unpaired) electrons. The minimum Gasteiger partial charge on any atom is -0.368 e. The van der Waals surface area contributed by atoms with Crippen molar-refractivity contribution in [1.29, 1.82) is 5.26 Å². The van der Waals surface area contributed by atoms with E-state index in [1.807, 2.05) is 49.5 Å². The second kappa shape index (κ2) is 11.4. The second-order valence-corrected chi connectivity index (χ2v) is 9.90. The van der Waals surface area contributed by atoms with E-state index in [1.54, 1.807) is 29.2 Å². The molecule has 0 amide bonds. The van der Waals surface area contributed by atoms with Crippen molar-refractivity contribution in [1.82, 2.24) is 9.55 Å². The fourth-order valence-corrected chi connectivity index (χ4v) is 5.04. The Morgan fingerprint density at radius 1 is 0.923 bits per heavy atom. The molecule has 1 N–H and O–H groups in total. The van der Waals surface area contributed by atoms with Crippen molar-refractivity contribution >= 4 is 10.8 Å². The Kier molecular flexibility index (Phi) is 7.60. The van der Waals surface area contributed by atoms with Crippen LogP contribution in [0.1, 0.15) is 54.1 Å². The lowest BCUT2D eigenvalue weighted by Gasteiger charge is -2.24. The third-order valence-electron chi connectivity index (χ3n) is 7.24. The predicted octanol–water partition coefficient (Wildman–Crippen LogP) is 7.13. The van der Waals surface area contributed by atoms with Crippen molar-refractivity contribution in [3.63, 3.8) is 0 Å². The minimum absolute atomic E-state index is 0.536. The van der Waals surface area contributed by atoms with Gasteiger partial charge in [0, 0.05) is 23.7 Å². The maximum Gasteiger partial charge on any atom is 0.194 e. The minimum atomic E-state index is -1.64. The van der Waals surface area contributed by atoms with Crippen molar-refractivity contribution in [2.45, 2.75) is 38.2 Å². The second-order valence-electron chi connectivity index (χ2n) is 9.90. The number of unbranched alkanes of at least 4 members (excludes halogenated alkanes) is 2. The molecule has 0 aliphatic rings. The molecule has 0 aliphatic carbocycles. The Morgan fingerprint density at radius 2 is 1.72 bits per heavy atom. The zero-order chi connectivity index (χ0) is 27.2. The lowest BCUT2D eigenvalue weighted by molar-refractivity contribution is 0.137. The third-order valence-corrected chi connectivity index (χ3v) is 7.24. The molecule has 192 valence electrons. The lowest BCUT2D eigenvalue weighted by atomic mass is 9.86. The number of aromatic nitrogens is 2. The van der Waals surface area contributed by atoms with E-state index in [4.69, 9.17) is 0 Å². The quantitative estimate of drug-likeness (QED) is 0.187. The standard InChI is InChI=1S/C35H31N3O/c1-3-4-5-9-26-14-16-27(17-15-26)20-21-35(39,34-24-37-25-38(34)2)30-19-18-29(23-36)33(22-30)32-13-8-11-28-10-6-7-12-31(28)32/h6-8,10-19,22,24-25,39H,3-5,9H2,1-2H3. The van der Waals surface area contributed by atoms with E-state index in [-0.39, 0.29) is 0 Å². The first-order valence-corrected chi connectivity index (χ1v) is 13.4. The third kappa shape index (κ3) is 5.34. The van der Waals surface area contributed by atoms with Crippen molar-refractivity contribution in [2.24, 2.45) is 7.05 Å². The van der Waals surface area contributed by atoms with Crippen LogP contribution in [0.15, 0.2) is 97.5 Å². The van der Waals surface area contributed by atoms with E-state index in [2.05, 4.69) is 60.1 Å². The molecule has 0 saturated heterocycles. The monoisotopic (exact) mass is 509 g/mol. The molecule has 4 nitrogen and oxygen atoms in total. The van der Waals surface area contributed by atoms with Crippen molar-refractivity contribution in [3.8, 4) is 29.0 Å². The highest BCUT2D eigenvalue weighted by molar-refractivity contribution is 5.98. The Balaban J connectivity index is 1.61. The van der Waals surface area contributed by atoms with Crippen LogP contribution in [0.5, 0.6) is 0 Å². The van der Waals surface area contributed by atoms with E-state index >= 15 is 0 Å². The average molecular weight is 510 g/mol.